The molecule has 0 aliphatic carbocycles. The quantitative estimate of drug-likeness (QED) is 0.446. The Kier molecular flexibility index (Phi) is 5.81. The lowest BCUT2D eigenvalue weighted by Gasteiger charge is -2.50. The van der Waals surface area contributed by atoms with Crippen LogP contribution in [-0.2, 0) is 15.1 Å². The Morgan fingerprint density at radius 3 is 2.27 bits per heavy atom. The molecule has 0 aromatic heterocycles. The third kappa shape index (κ3) is 3.45. The van der Waals surface area contributed by atoms with Crippen LogP contribution in [0.3, 0.4) is 0 Å². The summed E-state index contributed by atoms with van der Waals surface area (Å²) < 4.78 is 0. The number of hydrogen-bond acceptors (Lipinski definition) is 4. The first kappa shape index (κ1) is 24.4. The number of benzene rings is 3. The van der Waals surface area contributed by atoms with Crippen LogP contribution in [0.5, 0.6) is 0 Å². The Balaban J connectivity index is 1.62. The number of carbonyl (C=O) groups excluding carboxylic acids is 2. The van der Waals surface area contributed by atoms with Gasteiger partial charge < -0.3 is 10.2 Å². The number of halogens is 2. The summed E-state index contributed by atoms with van der Waals surface area (Å²) in [5.74, 6) is -0.366. The Bertz CT molecular complexity index is 1440. The van der Waals surface area contributed by atoms with Crippen molar-refractivity contribution >= 4 is 46.7 Å². The van der Waals surface area contributed by atoms with Crippen molar-refractivity contribution in [2.45, 2.75) is 11.5 Å². The number of amides is 1. The second-order valence-electron chi connectivity index (χ2n) is 10.4. The number of para-hydroxylation sites is 1. The van der Waals surface area contributed by atoms with Crippen molar-refractivity contribution in [2.75, 3.05) is 39.0 Å². The standard InChI is InChI=1S/C30H27Cl2N3O2/c1-34-16-21(15-19-7-11-22(31)12-8-19)27(36)29(18-34)25(20-9-13-23(32)14-10-20)17-35(2)30(29)24-5-3-4-6-26(24)33-28(30)37/h3-15,25H,16-18H2,1-2H3,(H,33,37)/b21-15+/t25-,29+,30+/m1/s1. The first-order valence-electron chi connectivity index (χ1n) is 12.3. The van der Waals surface area contributed by atoms with Gasteiger partial charge in [-0.1, -0.05) is 65.7 Å². The van der Waals surface area contributed by atoms with Gasteiger partial charge in [0.15, 0.2) is 5.78 Å². The van der Waals surface area contributed by atoms with Gasteiger partial charge in [0.1, 0.15) is 5.54 Å². The average molecular weight is 532 g/mol. The molecule has 1 amide bonds. The van der Waals surface area contributed by atoms with E-state index >= 15 is 0 Å². The molecule has 0 radical (unpaired) electrons. The number of nitrogens with zero attached hydrogens (tertiary/aromatic N) is 2. The molecule has 37 heavy (non-hydrogen) atoms. The molecule has 3 aliphatic heterocycles. The smallest absolute Gasteiger partial charge is 0.250 e. The topological polar surface area (TPSA) is 52.7 Å². The van der Waals surface area contributed by atoms with Gasteiger partial charge in [0, 0.05) is 52.4 Å². The zero-order valence-corrected chi connectivity index (χ0v) is 22.2. The summed E-state index contributed by atoms with van der Waals surface area (Å²) in [4.78, 5) is 33.3. The lowest BCUT2D eigenvalue weighted by atomic mass is 9.56. The van der Waals surface area contributed by atoms with Crippen molar-refractivity contribution in [1.82, 2.24) is 9.80 Å². The van der Waals surface area contributed by atoms with Crippen molar-refractivity contribution in [1.29, 1.82) is 0 Å². The highest BCUT2D eigenvalue weighted by Gasteiger charge is 2.74. The number of anilines is 1. The monoisotopic (exact) mass is 531 g/mol. The zero-order valence-electron chi connectivity index (χ0n) is 20.7. The fourth-order valence-electron chi connectivity index (χ4n) is 6.93. The maximum Gasteiger partial charge on any atom is 0.250 e. The van der Waals surface area contributed by atoms with Crippen molar-refractivity contribution < 1.29 is 9.59 Å². The molecule has 2 saturated heterocycles. The van der Waals surface area contributed by atoms with Crippen molar-refractivity contribution in [3.63, 3.8) is 0 Å². The Morgan fingerprint density at radius 2 is 1.57 bits per heavy atom. The lowest BCUT2D eigenvalue weighted by Crippen LogP contribution is -2.65. The summed E-state index contributed by atoms with van der Waals surface area (Å²) in [6, 6.07) is 22.9. The highest BCUT2D eigenvalue weighted by atomic mass is 35.5. The number of piperidine rings is 1. The van der Waals surface area contributed by atoms with E-state index in [2.05, 4.69) is 15.1 Å². The number of Topliss-reactive ketones (excluding diaryl/α,β-unsaturated/α-hetero) is 1. The van der Waals surface area contributed by atoms with Crippen molar-refractivity contribution in [2.24, 2.45) is 5.41 Å². The molecule has 3 heterocycles. The largest absolute Gasteiger partial charge is 0.324 e. The van der Waals surface area contributed by atoms with Crippen LogP contribution in [0.4, 0.5) is 5.69 Å². The van der Waals surface area contributed by atoms with Gasteiger partial charge in [-0.15, -0.1) is 0 Å². The van der Waals surface area contributed by atoms with Gasteiger partial charge in [0.2, 0.25) is 0 Å². The predicted octanol–water partition coefficient (Wildman–Crippen LogP) is 5.45. The number of rotatable bonds is 2. The normalized spacial score (nSPS) is 28.9. The summed E-state index contributed by atoms with van der Waals surface area (Å²) in [5, 5.41) is 4.39. The van der Waals surface area contributed by atoms with E-state index < -0.39 is 11.0 Å². The summed E-state index contributed by atoms with van der Waals surface area (Å²) >= 11 is 12.4. The molecular formula is C30H27Cl2N3O2. The number of nitrogens with one attached hydrogen (secondary N) is 1. The maximum atomic E-state index is 14.9. The molecule has 0 unspecified atom stereocenters. The van der Waals surface area contributed by atoms with Crippen LogP contribution >= 0.6 is 23.2 Å². The van der Waals surface area contributed by atoms with E-state index in [-0.39, 0.29) is 17.6 Å². The Hall–Kier alpha value is -2.96. The molecule has 7 heteroatoms. The fraction of sp³-hybridized carbons (Fsp3) is 0.267. The van der Waals surface area contributed by atoms with E-state index in [1.807, 2.05) is 93.0 Å². The second-order valence-corrected chi connectivity index (χ2v) is 11.3. The molecule has 1 N–H and O–H groups in total. The minimum absolute atomic E-state index is 0.0108. The molecule has 2 spiro atoms. The van der Waals surface area contributed by atoms with Gasteiger partial charge in [0.25, 0.3) is 5.91 Å². The molecule has 3 aliphatic rings. The van der Waals surface area contributed by atoms with Gasteiger partial charge in [-0.2, -0.15) is 0 Å². The van der Waals surface area contributed by atoms with E-state index in [1.165, 1.54) is 0 Å². The number of fused-ring (bicyclic) bond motifs is 3. The summed E-state index contributed by atoms with van der Waals surface area (Å²) in [7, 11) is 3.98. The number of likely N-dealkylation sites (N-methyl/N-ethyl adjacent to an activating group) is 2. The molecule has 2 fully saturated rings. The highest BCUT2D eigenvalue weighted by molar-refractivity contribution is 6.30. The predicted molar refractivity (Wildman–Crippen MR) is 148 cm³/mol. The molecule has 3 aromatic carbocycles. The number of carbonyl (C=O) groups is 2. The molecule has 0 saturated carbocycles. The minimum Gasteiger partial charge on any atom is -0.324 e. The van der Waals surface area contributed by atoms with Crippen LogP contribution < -0.4 is 5.32 Å². The molecular weight excluding hydrogens is 505 g/mol. The third-order valence-electron chi connectivity index (χ3n) is 8.30. The molecule has 3 atom stereocenters. The Labute approximate surface area is 226 Å². The SMILES string of the molecule is CN1C/C(=C\c2ccc(Cl)cc2)C(=O)[C@]2(C1)[C@@H](c1ccc(Cl)cc1)CN(C)[C@@]21C(=O)Nc2ccccc21. The molecule has 188 valence electrons. The number of hydrogen-bond donors (Lipinski definition) is 1. The Morgan fingerprint density at radius 1 is 0.919 bits per heavy atom. The van der Waals surface area contributed by atoms with E-state index in [0.717, 1.165) is 22.4 Å². The summed E-state index contributed by atoms with van der Waals surface area (Å²) in [6.45, 7) is 1.50. The first-order valence-corrected chi connectivity index (χ1v) is 13.1. The zero-order chi connectivity index (χ0) is 25.9. The summed E-state index contributed by atoms with van der Waals surface area (Å²) in [6.07, 6.45) is 1.94. The molecule has 3 aromatic rings. The number of likely N-dealkylation sites (tertiary alicyclic amines) is 2. The van der Waals surface area contributed by atoms with Crippen molar-refractivity contribution in [3.05, 3.63) is 105 Å². The molecule has 6 rings (SSSR count). The third-order valence-corrected chi connectivity index (χ3v) is 8.81. The van der Waals surface area contributed by atoms with Crippen LogP contribution in [0.25, 0.3) is 6.08 Å². The van der Waals surface area contributed by atoms with Gasteiger partial charge in [0.05, 0.1) is 5.41 Å². The van der Waals surface area contributed by atoms with Gasteiger partial charge in [-0.05, 0) is 61.6 Å². The molecule has 5 nitrogen and oxygen atoms in total. The highest BCUT2D eigenvalue weighted by Crippen LogP contribution is 2.64. The van der Waals surface area contributed by atoms with Crippen LogP contribution in [0.1, 0.15) is 22.6 Å². The second kappa shape index (κ2) is 8.81. The van der Waals surface area contributed by atoms with E-state index in [9.17, 15) is 9.59 Å². The van der Waals surface area contributed by atoms with Crippen LogP contribution in [0.2, 0.25) is 10.0 Å². The van der Waals surface area contributed by atoms with E-state index in [1.54, 1.807) is 0 Å². The van der Waals surface area contributed by atoms with Gasteiger partial charge >= 0.3 is 0 Å². The molecule has 0 bridgehead atoms. The van der Waals surface area contributed by atoms with E-state index in [0.29, 0.717) is 35.3 Å². The lowest BCUT2D eigenvalue weighted by molar-refractivity contribution is -0.146. The average Bonchev–Trinajstić information content (AvgIpc) is 3.32. The first-order chi connectivity index (χ1) is 17.8. The summed E-state index contributed by atoms with van der Waals surface area (Å²) in [5.41, 5.74) is 1.99. The van der Waals surface area contributed by atoms with Crippen LogP contribution in [0.15, 0.2) is 78.4 Å². The van der Waals surface area contributed by atoms with E-state index in [4.69, 9.17) is 23.2 Å². The minimum atomic E-state index is -1.15. The number of ketones is 1. The fourth-order valence-corrected chi connectivity index (χ4v) is 7.18. The van der Waals surface area contributed by atoms with Gasteiger partial charge in [-0.25, -0.2) is 0 Å². The van der Waals surface area contributed by atoms with Crippen molar-refractivity contribution in [3.8, 4) is 0 Å². The van der Waals surface area contributed by atoms with Crippen LogP contribution in [0, 0.1) is 5.41 Å². The van der Waals surface area contributed by atoms with Gasteiger partial charge in [-0.3, -0.25) is 14.5 Å². The van der Waals surface area contributed by atoms with Crippen LogP contribution in [-0.4, -0.2) is 55.2 Å². The maximum absolute atomic E-state index is 14.9.